The molecule has 0 atom stereocenters. The van der Waals surface area contributed by atoms with Crippen molar-refractivity contribution in [2.45, 2.75) is 12.8 Å². The number of nitrogens with one attached hydrogen (secondary N) is 1. The van der Waals surface area contributed by atoms with E-state index < -0.39 is 12.3 Å². The number of likely N-dealkylation sites (N-methyl/N-ethyl adjacent to an activating group) is 1. The molecule has 94 valence electrons. The van der Waals surface area contributed by atoms with E-state index in [-0.39, 0.29) is 0 Å². The van der Waals surface area contributed by atoms with Gasteiger partial charge in [0.15, 0.2) is 0 Å². The average Bonchev–Trinajstić information content (AvgIpc) is 2.26. The molecule has 1 fully saturated rings. The van der Waals surface area contributed by atoms with Gasteiger partial charge in [-0.25, -0.2) is 0 Å². The number of nitrogens with zero attached hydrogens (tertiary/aromatic N) is 2. The van der Waals surface area contributed by atoms with Crippen LogP contribution in [0.1, 0.15) is 6.42 Å². The van der Waals surface area contributed by atoms with Gasteiger partial charge in [-0.2, -0.15) is 8.78 Å². The molecule has 0 aromatic carbocycles. The van der Waals surface area contributed by atoms with Crippen LogP contribution >= 0.6 is 0 Å². The first-order chi connectivity index (χ1) is 7.59. The van der Waals surface area contributed by atoms with Crippen LogP contribution in [0.3, 0.4) is 0 Å². The third-order valence-electron chi connectivity index (χ3n) is 2.74. The van der Waals surface area contributed by atoms with Crippen LogP contribution < -0.4 is 5.32 Å². The topological polar surface area (TPSA) is 35.6 Å². The van der Waals surface area contributed by atoms with Crippen molar-refractivity contribution in [3.8, 4) is 0 Å². The van der Waals surface area contributed by atoms with E-state index in [1.165, 1.54) is 0 Å². The number of carbonyl (C=O) groups is 1. The highest BCUT2D eigenvalue weighted by atomic mass is 19.3. The van der Waals surface area contributed by atoms with E-state index in [1.807, 2.05) is 0 Å². The van der Waals surface area contributed by atoms with Gasteiger partial charge in [0.05, 0.1) is 0 Å². The molecule has 0 spiro atoms. The van der Waals surface area contributed by atoms with Gasteiger partial charge >= 0.3 is 6.43 Å². The Hall–Kier alpha value is -0.750. The molecule has 16 heavy (non-hydrogen) atoms. The molecule has 0 aliphatic carbocycles. The predicted octanol–water partition coefficient (Wildman–Crippen LogP) is 0.00520. The molecule has 0 saturated carbocycles. The minimum absolute atomic E-state index is 0.329. The van der Waals surface area contributed by atoms with Gasteiger partial charge in [-0.05, 0) is 20.0 Å². The molecule has 1 N–H and O–H groups in total. The number of alkyl halides is 2. The van der Waals surface area contributed by atoms with Gasteiger partial charge in [-0.3, -0.25) is 4.79 Å². The van der Waals surface area contributed by atoms with Crippen LogP contribution in [0.5, 0.6) is 0 Å². The van der Waals surface area contributed by atoms with Gasteiger partial charge in [0.2, 0.25) is 0 Å². The Labute approximate surface area is 94.6 Å². The zero-order valence-corrected chi connectivity index (χ0v) is 9.59. The summed E-state index contributed by atoms with van der Waals surface area (Å²) in [4.78, 5) is 15.1. The summed E-state index contributed by atoms with van der Waals surface area (Å²) in [5.74, 6) is -1.17. The van der Waals surface area contributed by atoms with Gasteiger partial charge in [-0.1, -0.05) is 0 Å². The van der Waals surface area contributed by atoms with Crippen molar-refractivity contribution in [1.82, 2.24) is 15.1 Å². The molecule has 1 rings (SSSR count). The highest BCUT2D eigenvalue weighted by Crippen LogP contribution is 1.99. The SMILES string of the molecule is CN1CCN(CCCNC(=O)C(F)F)CC1. The minimum atomic E-state index is -2.90. The Morgan fingerprint density at radius 3 is 2.50 bits per heavy atom. The molecule has 0 bridgehead atoms. The van der Waals surface area contributed by atoms with Crippen molar-refractivity contribution in [3.05, 3.63) is 0 Å². The highest BCUT2D eigenvalue weighted by Gasteiger charge is 2.15. The summed E-state index contributed by atoms with van der Waals surface area (Å²) in [5, 5.41) is 2.20. The summed E-state index contributed by atoms with van der Waals surface area (Å²) in [6.07, 6.45) is -2.18. The van der Waals surface area contributed by atoms with E-state index in [0.29, 0.717) is 6.54 Å². The summed E-state index contributed by atoms with van der Waals surface area (Å²) in [5.41, 5.74) is 0. The van der Waals surface area contributed by atoms with Crippen LogP contribution in [-0.4, -0.2) is 68.4 Å². The molecule has 6 heteroatoms. The van der Waals surface area contributed by atoms with Gasteiger partial charge in [-0.15, -0.1) is 0 Å². The molecule has 0 radical (unpaired) electrons. The Bertz CT molecular complexity index is 218. The van der Waals surface area contributed by atoms with Crippen LogP contribution in [0.2, 0.25) is 0 Å². The molecule has 1 amide bonds. The standard InChI is InChI=1S/C10H19F2N3O/c1-14-5-7-15(8-6-14)4-2-3-13-10(16)9(11)12/h9H,2-8H2,1H3,(H,13,16). The zero-order valence-electron chi connectivity index (χ0n) is 9.59. The predicted molar refractivity (Wildman–Crippen MR) is 57.6 cm³/mol. The molecule has 1 aliphatic heterocycles. The molecular formula is C10H19F2N3O. The second-order valence-electron chi connectivity index (χ2n) is 4.09. The molecule has 1 saturated heterocycles. The number of hydrogen-bond donors (Lipinski definition) is 1. The van der Waals surface area contributed by atoms with E-state index in [0.717, 1.165) is 39.1 Å². The Morgan fingerprint density at radius 1 is 1.31 bits per heavy atom. The summed E-state index contributed by atoms with van der Waals surface area (Å²) < 4.78 is 23.7. The fourth-order valence-electron chi connectivity index (χ4n) is 1.66. The molecule has 0 aromatic heterocycles. The van der Waals surface area contributed by atoms with Crippen LogP contribution in [0.25, 0.3) is 0 Å². The van der Waals surface area contributed by atoms with Crippen LogP contribution in [0.4, 0.5) is 8.78 Å². The summed E-state index contributed by atoms with van der Waals surface area (Å²) >= 11 is 0. The average molecular weight is 235 g/mol. The van der Waals surface area contributed by atoms with Crippen molar-refractivity contribution in [2.75, 3.05) is 46.3 Å². The number of hydrogen-bond acceptors (Lipinski definition) is 3. The van der Waals surface area contributed by atoms with Crippen LogP contribution in [0, 0.1) is 0 Å². The van der Waals surface area contributed by atoms with E-state index >= 15 is 0 Å². The number of amides is 1. The van der Waals surface area contributed by atoms with E-state index in [9.17, 15) is 13.6 Å². The second-order valence-corrected chi connectivity index (χ2v) is 4.09. The second kappa shape index (κ2) is 6.75. The largest absolute Gasteiger partial charge is 0.351 e. The summed E-state index contributed by atoms with van der Waals surface area (Å²) in [7, 11) is 2.08. The number of piperazine rings is 1. The Morgan fingerprint density at radius 2 is 1.94 bits per heavy atom. The fraction of sp³-hybridized carbons (Fsp3) is 0.900. The summed E-state index contributed by atoms with van der Waals surface area (Å²) in [6.45, 7) is 5.30. The monoisotopic (exact) mass is 235 g/mol. The molecule has 1 aliphatic rings. The maximum Gasteiger partial charge on any atom is 0.315 e. The quantitative estimate of drug-likeness (QED) is 0.682. The minimum Gasteiger partial charge on any atom is -0.351 e. The van der Waals surface area contributed by atoms with Gasteiger partial charge < -0.3 is 15.1 Å². The zero-order chi connectivity index (χ0) is 12.0. The van der Waals surface area contributed by atoms with Crippen molar-refractivity contribution in [3.63, 3.8) is 0 Å². The lowest BCUT2D eigenvalue weighted by Crippen LogP contribution is -2.45. The van der Waals surface area contributed by atoms with Crippen LogP contribution in [0.15, 0.2) is 0 Å². The first-order valence-electron chi connectivity index (χ1n) is 5.56. The smallest absolute Gasteiger partial charge is 0.315 e. The maximum atomic E-state index is 11.8. The first-order valence-corrected chi connectivity index (χ1v) is 5.56. The van der Waals surface area contributed by atoms with Gasteiger partial charge in [0.1, 0.15) is 0 Å². The number of carbonyl (C=O) groups excluding carboxylic acids is 1. The lowest BCUT2D eigenvalue weighted by Gasteiger charge is -2.32. The van der Waals surface area contributed by atoms with E-state index in [1.54, 1.807) is 0 Å². The van der Waals surface area contributed by atoms with Crippen molar-refractivity contribution >= 4 is 5.91 Å². The Balaban J connectivity index is 2.01. The Kier molecular flexibility index (Phi) is 5.62. The van der Waals surface area contributed by atoms with E-state index in [2.05, 4.69) is 22.2 Å². The third-order valence-corrected chi connectivity index (χ3v) is 2.74. The fourth-order valence-corrected chi connectivity index (χ4v) is 1.66. The van der Waals surface area contributed by atoms with Crippen molar-refractivity contribution in [2.24, 2.45) is 0 Å². The maximum absolute atomic E-state index is 11.8. The van der Waals surface area contributed by atoms with E-state index in [4.69, 9.17) is 0 Å². The lowest BCUT2D eigenvalue weighted by atomic mass is 10.3. The molecule has 0 unspecified atom stereocenters. The van der Waals surface area contributed by atoms with Gasteiger partial charge in [0.25, 0.3) is 5.91 Å². The van der Waals surface area contributed by atoms with Gasteiger partial charge in [0, 0.05) is 32.7 Å². The summed E-state index contributed by atoms with van der Waals surface area (Å²) in [6, 6.07) is 0. The number of halogens is 2. The first kappa shape index (κ1) is 13.3. The molecular weight excluding hydrogens is 216 g/mol. The van der Waals surface area contributed by atoms with Crippen molar-refractivity contribution in [1.29, 1.82) is 0 Å². The normalized spacial score (nSPS) is 19.0. The molecule has 1 heterocycles. The highest BCUT2D eigenvalue weighted by molar-refractivity contribution is 5.78. The lowest BCUT2D eigenvalue weighted by molar-refractivity contribution is -0.131. The molecule has 4 nitrogen and oxygen atoms in total. The third kappa shape index (κ3) is 4.85. The van der Waals surface area contributed by atoms with Crippen molar-refractivity contribution < 1.29 is 13.6 Å². The molecule has 0 aromatic rings. The van der Waals surface area contributed by atoms with Crippen LogP contribution in [-0.2, 0) is 4.79 Å². The number of rotatable bonds is 5.